The molecule has 0 aromatic heterocycles. The summed E-state index contributed by atoms with van der Waals surface area (Å²) < 4.78 is 61.5. The van der Waals surface area contributed by atoms with E-state index in [1.807, 2.05) is 0 Å². The van der Waals surface area contributed by atoms with Gasteiger partial charge in [-0.3, -0.25) is 15.4 Å². The average molecular weight is 858 g/mol. The highest BCUT2D eigenvalue weighted by Crippen LogP contribution is 2.33. The zero-order valence-corrected chi connectivity index (χ0v) is 36.5. The van der Waals surface area contributed by atoms with E-state index < -0.39 is 89.3 Å². The lowest BCUT2D eigenvalue weighted by Gasteiger charge is -2.40. The summed E-state index contributed by atoms with van der Waals surface area (Å²) in [6.45, 7) is 16.7. The van der Waals surface area contributed by atoms with Gasteiger partial charge in [0, 0.05) is 20.5 Å². The van der Waals surface area contributed by atoms with Gasteiger partial charge < -0.3 is 62.3 Å². The fourth-order valence-corrected chi connectivity index (χ4v) is 5.29. The summed E-state index contributed by atoms with van der Waals surface area (Å²) in [5.74, 6) is -1.15. The van der Waals surface area contributed by atoms with Gasteiger partial charge in [-0.15, -0.1) is 6.42 Å². The molecule has 0 aliphatic carbocycles. The van der Waals surface area contributed by atoms with Crippen molar-refractivity contribution >= 4 is 36.1 Å². The minimum absolute atomic E-state index is 0.0914. The van der Waals surface area contributed by atoms with Crippen molar-refractivity contribution in [2.24, 2.45) is 4.99 Å². The molecular weight excluding hydrogens is 794 g/mol. The Hall–Kier alpha value is -4.72. The second-order valence-corrected chi connectivity index (χ2v) is 15.8. The topological polar surface area (TPSA) is 239 Å². The molecular formula is C39H63N5O16. The van der Waals surface area contributed by atoms with Crippen LogP contribution in [0.2, 0.25) is 0 Å². The van der Waals surface area contributed by atoms with Crippen molar-refractivity contribution in [3.63, 3.8) is 0 Å². The first-order valence-corrected chi connectivity index (χ1v) is 19.3. The molecule has 21 heteroatoms. The Kier molecular flexibility index (Phi) is 21.0. The van der Waals surface area contributed by atoms with E-state index in [-0.39, 0.29) is 39.6 Å². The van der Waals surface area contributed by atoms with Crippen molar-refractivity contribution in [3.05, 3.63) is 11.8 Å². The summed E-state index contributed by atoms with van der Waals surface area (Å²) >= 11 is 0. The van der Waals surface area contributed by atoms with Crippen LogP contribution in [-0.4, -0.2) is 169 Å². The summed E-state index contributed by atoms with van der Waals surface area (Å²) in [5, 5.41) is 7.52. The molecule has 0 saturated carbocycles. The van der Waals surface area contributed by atoms with Crippen molar-refractivity contribution in [1.29, 1.82) is 0 Å². The first-order valence-electron chi connectivity index (χ1n) is 19.3. The predicted molar refractivity (Wildman–Crippen MR) is 212 cm³/mol. The lowest BCUT2D eigenvalue weighted by molar-refractivity contribution is -0.170. The van der Waals surface area contributed by atoms with Gasteiger partial charge in [0.15, 0.2) is 18.0 Å². The first kappa shape index (κ1) is 51.4. The molecule has 2 heterocycles. The van der Waals surface area contributed by atoms with Gasteiger partial charge in [-0.05, 0) is 61.5 Å². The molecule has 5 atom stereocenters. The Bertz CT molecular complexity index is 1500. The van der Waals surface area contributed by atoms with Crippen LogP contribution in [0, 0.1) is 12.3 Å². The Balaban J connectivity index is 2.38. The van der Waals surface area contributed by atoms with E-state index in [0.29, 0.717) is 26.4 Å². The van der Waals surface area contributed by atoms with Gasteiger partial charge in [-0.2, -0.15) is 0 Å². The number of hydrogen-bond acceptors (Lipinski definition) is 17. The monoisotopic (exact) mass is 857 g/mol. The van der Waals surface area contributed by atoms with Crippen LogP contribution >= 0.6 is 0 Å². The molecule has 0 unspecified atom stereocenters. The summed E-state index contributed by atoms with van der Waals surface area (Å²) in [4.78, 5) is 71.2. The molecule has 0 spiro atoms. The van der Waals surface area contributed by atoms with Gasteiger partial charge in [-0.1, -0.05) is 5.92 Å². The summed E-state index contributed by atoms with van der Waals surface area (Å²) in [6, 6.07) is -2.57. The maximum Gasteiger partial charge on any atom is 0.414 e. The van der Waals surface area contributed by atoms with Crippen LogP contribution in [0.3, 0.4) is 0 Å². The number of carbonyl (C=O) groups excluding carboxylic acids is 5. The highest BCUT2D eigenvalue weighted by Gasteiger charge is 2.51. The minimum atomic E-state index is -1.42. The number of esters is 1. The number of terminal acetylenes is 1. The number of alkyl carbamates (subject to hydrolysis) is 2. The number of methoxy groups -OCH3 is 1. The highest BCUT2D eigenvalue weighted by molar-refractivity contribution is 6.01. The molecule has 340 valence electrons. The summed E-state index contributed by atoms with van der Waals surface area (Å²) in [6.07, 6.45) is -0.306. The van der Waals surface area contributed by atoms with Gasteiger partial charge in [0.05, 0.1) is 72.0 Å². The second kappa shape index (κ2) is 24.5. The van der Waals surface area contributed by atoms with Gasteiger partial charge in [0.25, 0.3) is 0 Å². The van der Waals surface area contributed by atoms with Crippen LogP contribution in [0.5, 0.6) is 0 Å². The van der Waals surface area contributed by atoms with Gasteiger partial charge in [0.2, 0.25) is 17.6 Å². The normalized spacial score (nSPS) is 20.2. The maximum atomic E-state index is 13.7. The fourth-order valence-electron chi connectivity index (χ4n) is 5.29. The number of nitrogens with zero attached hydrogens (tertiary/aromatic N) is 2. The molecule has 0 aromatic carbocycles. The van der Waals surface area contributed by atoms with Crippen molar-refractivity contribution in [1.82, 2.24) is 20.9 Å². The van der Waals surface area contributed by atoms with Crippen molar-refractivity contribution < 1.29 is 76.1 Å². The van der Waals surface area contributed by atoms with Crippen LogP contribution < -0.4 is 16.0 Å². The third kappa shape index (κ3) is 20.0. The predicted octanol–water partition coefficient (Wildman–Crippen LogP) is 2.01. The molecule has 60 heavy (non-hydrogen) atoms. The van der Waals surface area contributed by atoms with Crippen molar-refractivity contribution in [2.45, 2.75) is 110 Å². The molecule has 0 aromatic rings. The van der Waals surface area contributed by atoms with Crippen molar-refractivity contribution in [3.8, 4) is 12.3 Å². The Morgan fingerprint density at radius 1 is 0.917 bits per heavy atom. The van der Waals surface area contributed by atoms with Crippen LogP contribution in [0.15, 0.2) is 16.8 Å². The molecule has 0 radical (unpaired) electrons. The molecule has 21 nitrogen and oxygen atoms in total. The summed E-state index contributed by atoms with van der Waals surface area (Å²) in [5.41, 5.74) is -1.89. The highest BCUT2D eigenvalue weighted by atomic mass is 16.8. The number of carbonyl (C=O) groups is 5. The maximum absolute atomic E-state index is 13.7. The number of likely N-dealkylation sites (N-methyl/N-ethyl adjacent to an activating group) is 1. The van der Waals surface area contributed by atoms with Gasteiger partial charge in [0.1, 0.15) is 23.9 Å². The number of guanidine groups is 1. The number of amides is 4. The standard InChI is InChI=1S/C39H63N5O16/c1-13-15-51-17-19-53-21-22-54-20-18-52-16-14-44(11)36(49)57-30(28-24-55-39(9,10)58-28)31-29(40-25(2)45)26(23-27(56-31)32(46)50-12)41-33(42-34(47)59-37(3,4)5)43-35(48)60-38(6,7)8/h1,23,26,28-31H,14-22,24H2,2-12H3,(H,40,45)(H2,41,42,43,47,48)/t26-,28-,29+,30-,31+/m1/s1. The first-order chi connectivity index (χ1) is 28.0. The third-order valence-electron chi connectivity index (χ3n) is 7.72. The van der Waals surface area contributed by atoms with Gasteiger partial charge in [-0.25, -0.2) is 24.2 Å². The molecule has 0 bridgehead atoms. The molecule has 2 aliphatic heterocycles. The molecule has 2 aliphatic rings. The average Bonchev–Trinajstić information content (AvgIpc) is 3.49. The number of ether oxygens (including phenoxy) is 11. The summed E-state index contributed by atoms with van der Waals surface area (Å²) in [7, 11) is 2.60. The van der Waals surface area contributed by atoms with Crippen LogP contribution in [0.1, 0.15) is 62.3 Å². The minimum Gasteiger partial charge on any atom is -0.477 e. The fraction of sp³-hybridized carbons (Fsp3) is 0.744. The molecule has 1 saturated heterocycles. The smallest absolute Gasteiger partial charge is 0.414 e. The zero-order valence-electron chi connectivity index (χ0n) is 36.5. The van der Waals surface area contributed by atoms with Crippen LogP contribution in [0.4, 0.5) is 14.4 Å². The number of rotatable bonds is 19. The third-order valence-corrected chi connectivity index (χ3v) is 7.72. The quantitative estimate of drug-likeness (QED) is 0.0421. The largest absolute Gasteiger partial charge is 0.477 e. The zero-order chi connectivity index (χ0) is 45.1. The van der Waals surface area contributed by atoms with E-state index in [1.54, 1.807) is 55.4 Å². The van der Waals surface area contributed by atoms with E-state index >= 15 is 0 Å². The second-order valence-electron chi connectivity index (χ2n) is 15.8. The molecule has 4 amide bonds. The van der Waals surface area contributed by atoms with E-state index in [0.717, 1.165) is 7.11 Å². The van der Waals surface area contributed by atoms with E-state index in [4.69, 9.17) is 58.5 Å². The number of nitrogens with one attached hydrogen (secondary N) is 3. The van der Waals surface area contributed by atoms with E-state index in [9.17, 15) is 24.0 Å². The lowest BCUT2D eigenvalue weighted by Crippen LogP contribution is -2.61. The Morgan fingerprint density at radius 3 is 1.92 bits per heavy atom. The van der Waals surface area contributed by atoms with Crippen molar-refractivity contribution in [2.75, 3.05) is 80.2 Å². The van der Waals surface area contributed by atoms with Gasteiger partial charge >= 0.3 is 24.2 Å². The van der Waals surface area contributed by atoms with Crippen LogP contribution in [-0.2, 0) is 61.7 Å². The number of hydrogen-bond donors (Lipinski definition) is 3. The van der Waals surface area contributed by atoms with Crippen LogP contribution in [0.25, 0.3) is 0 Å². The van der Waals surface area contributed by atoms with E-state index in [2.05, 4.69) is 26.9 Å². The molecule has 2 rings (SSSR count). The molecule has 3 N–H and O–H groups in total. The lowest BCUT2D eigenvalue weighted by atomic mass is 9.92. The number of aliphatic imine (C=N–C) groups is 1. The Morgan fingerprint density at radius 2 is 1.45 bits per heavy atom. The SMILES string of the molecule is C#CCOCCOCCOCCOCCN(C)C(=O)O[C@@H]([C@H]1OC(C(=O)OC)=C[C@@H](N=C(NC(=O)OC(C)(C)C)NC(=O)OC(C)(C)C)[C@@H]1NC(C)=O)[C@H]1COC(C)(C)O1. The van der Waals surface area contributed by atoms with E-state index in [1.165, 1.54) is 24.9 Å². The Labute approximate surface area is 351 Å². The molecule has 1 fully saturated rings.